The lowest BCUT2D eigenvalue weighted by Crippen LogP contribution is -2.26. The van der Waals surface area contributed by atoms with E-state index in [1.807, 2.05) is 18.2 Å². The fourth-order valence-electron chi connectivity index (χ4n) is 1.92. The van der Waals surface area contributed by atoms with E-state index in [1.165, 1.54) is 0 Å². The van der Waals surface area contributed by atoms with Gasteiger partial charge in [0.25, 0.3) is 0 Å². The first-order valence-corrected chi connectivity index (χ1v) is 5.99. The van der Waals surface area contributed by atoms with E-state index < -0.39 is 0 Å². The van der Waals surface area contributed by atoms with Gasteiger partial charge in [0.2, 0.25) is 12.7 Å². The Bertz CT molecular complexity index is 440. The van der Waals surface area contributed by atoms with Gasteiger partial charge in [0.15, 0.2) is 11.5 Å². The summed E-state index contributed by atoms with van der Waals surface area (Å²) in [6.45, 7) is 0.992. The molecule has 0 unspecified atom stereocenters. The highest BCUT2D eigenvalue weighted by atomic mass is 16.7. The van der Waals surface area contributed by atoms with Crippen LogP contribution in [0.1, 0.15) is 18.4 Å². The van der Waals surface area contributed by atoms with E-state index in [2.05, 4.69) is 5.32 Å². The smallest absolute Gasteiger partial charge is 0.231 e. The van der Waals surface area contributed by atoms with Crippen LogP contribution in [0.4, 0.5) is 0 Å². The Morgan fingerprint density at radius 1 is 1.29 bits per heavy atom. The third-order valence-corrected chi connectivity index (χ3v) is 3.10. The fraction of sp³-hybridized carbons (Fsp3) is 0.462. The molecule has 2 aliphatic rings. The van der Waals surface area contributed by atoms with Crippen LogP contribution in [0.25, 0.3) is 0 Å². The monoisotopic (exact) mass is 233 g/mol. The predicted molar refractivity (Wildman–Crippen MR) is 62.0 cm³/mol. The van der Waals surface area contributed by atoms with E-state index in [-0.39, 0.29) is 11.8 Å². The van der Waals surface area contributed by atoms with Crippen molar-refractivity contribution < 1.29 is 14.3 Å². The van der Waals surface area contributed by atoms with E-state index in [9.17, 15) is 4.79 Å². The number of amides is 1. The maximum atomic E-state index is 11.4. The molecule has 1 fully saturated rings. The van der Waals surface area contributed by atoms with Crippen molar-refractivity contribution in [2.45, 2.75) is 19.3 Å². The Morgan fingerprint density at radius 2 is 2.12 bits per heavy atom. The third-order valence-electron chi connectivity index (χ3n) is 3.10. The molecule has 0 radical (unpaired) electrons. The van der Waals surface area contributed by atoms with Crippen LogP contribution in [-0.2, 0) is 11.2 Å². The van der Waals surface area contributed by atoms with Gasteiger partial charge in [-0.25, -0.2) is 0 Å². The molecular formula is C13H15NO3. The minimum absolute atomic E-state index is 0.200. The van der Waals surface area contributed by atoms with Crippen LogP contribution in [0, 0.1) is 5.92 Å². The molecule has 1 heterocycles. The highest BCUT2D eigenvalue weighted by Gasteiger charge is 2.29. The predicted octanol–water partition coefficient (Wildman–Crippen LogP) is 1.48. The lowest BCUT2D eigenvalue weighted by molar-refractivity contribution is -0.122. The number of carbonyl (C=O) groups excluding carboxylic acids is 1. The molecule has 1 amide bonds. The van der Waals surface area contributed by atoms with E-state index in [1.54, 1.807) is 0 Å². The maximum Gasteiger partial charge on any atom is 0.231 e. The van der Waals surface area contributed by atoms with E-state index in [4.69, 9.17) is 9.47 Å². The van der Waals surface area contributed by atoms with Crippen molar-refractivity contribution in [1.82, 2.24) is 5.32 Å². The summed E-state index contributed by atoms with van der Waals surface area (Å²) in [5, 5.41) is 2.95. The highest BCUT2D eigenvalue weighted by molar-refractivity contribution is 5.80. The number of hydrogen-bond acceptors (Lipinski definition) is 3. The fourth-order valence-corrected chi connectivity index (χ4v) is 1.92. The summed E-state index contributed by atoms with van der Waals surface area (Å²) < 4.78 is 10.5. The molecule has 3 rings (SSSR count). The average molecular weight is 233 g/mol. The average Bonchev–Trinajstić information content (AvgIpc) is 3.08. The maximum absolute atomic E-state index is 11.4. The molecule has 1 N–H and O–H groups in total. The zero-order valence-corrected chi connectivity index (χ0v) is 9.57. The van der Waals surface area contributed by atoms with Crippen LogP contribution in [-0.4, -0.2) is 19.2 Å². The molecule has 4 heteroatoms. The van der Waals surface area contributed by atoms with Crippen LogP contribution in [0.3, 0.4) is 0 Å². The third kappa shape index (κ3) is 2.35. The molecule has 1 aromatic rings. The number of benzene rings is 1. The van der Waals surface area contributed by atoms with Gasteiger partial charge in [-0.15, -0.1) is 0 Å². The molecule has 0 saturated heterocycles. The van der Waals surface area contributed by atoms with E-state index >= 15 is 0 Å². The number of fused-ring (bicyclic) bond motifs is 1. The number of carbonyl (C=O) groups is 1. The van der Waals surface area contributed by atoms with Gasteiger partial charge in [-0.1, -0.05) is 6.07 Å². The quantitative estimate of drug-likeness (QED) is 0.857. The van der Waals surface area contributed by atoms with Crippen molar-refractivity contribution in [3.8, 4) is 11.5 Å². The Hall–Kier alpha value is -1.71. The van der Waals surface area contributed by atoms with Crippen molar-refractivity contribution in [1.29, 1.82) is 0 Å². The topological polar surface area (TPSA) is 47.6 Å². The molecule has 1 saturated carbocycles. The number of hydrogen-bond donors (Lipinski definition) is 1. The minimum atomic E-state index is 0.200. The van der Waals surface area contributed by atoms with Gasteiger partial charge in [0, 0.05) is 12.5 Å². The summed E-state index contributed by atoms with van der Waals surface area (Å²) in [6, 6.07) is 5.91. The SMILES string of the molecule is O=C(NCCc1ccc2c(c1)OCO2)C1CC1. The summed E-state index contributed by atoms with van der Waals surface area (Å²) in [5.41, 5.74) is 1.16. The Labute approximate surface area is 99.9 Å². The lowest BCUT2D eigenvalue weighted by Gasteiger charge is -2.05. The molecule has 0 bridgehead atoms. The van der Waals surface area contributed by atoms with Gasteiger partial charge >= 0.3 is 0 Å². The van der Waals surface area contributed by atoms with Crippen LogP contribution >= 0.6 is 0 Å². The standard InChI is InChI=1S/C13H15NO3/c15-13(10-2-3-10)14-6-5-9-1-4-11-12(7-9)17-8-16-11/h1,4,7,10H,2-3,5-6,8H2,(H,14,15). The Morgan fingerprint density at radius 3 is 2.94 bits per heavy atom. The molecule has 0 spiro atoms. The zero-order valence-electron chi connectivity index (χ0n) is 9.57. The minimum Gasteiger partial charge on any atom is -0.454 e. The first kappa shape index (κ1) is 10.4. The number of rotatable bonds is 4. The summed E-state index contributed by atoms with van der Waals surface area (Å²) in [7, 11) is 0. The molecule has 1 aliphatic carbocycles. The molecule has 0 aromatic heterocycles. The number of ether oxygens (including phenoxy) is 2. The van der Waals surface area contributed by atoms with Crippen molar-refractivity contribution >= 4 is 5.91 Å². The second-order valence-electron chi connectivity index (χ2n) is 4.50. The summed E-state index contributed by atoms with van der Waals surface area (Å²) >= 11 is 0. The van der Waals surface area contributed by atoms with Crippen LogP contribution in [0.5, 0.6) is 11.5 Å². The zero-order chi connectivity index (χ0) is 11.7. The van der Waals surface area contributed by atoms with Gasteiger partial charge in [0.05, 0.1) is 0 Å². The second kappa shape index (κ2) is 4.28. The number of nitrogens with one attached hydrogen (secondary N) is 1. The van der Waals surface area contributed by atoms with Crippen LogP contribution in [0.15, 0.2) is 18.2 Å². The van der Waals surface area contributed by atoms with E-state index in [0.717, 1.165) is 36.3 Å². The van der Waals surface area contributed by atoms with Crippen molar-refractivity contribution in [3.05, 3.63) is 23.8 Å². The molecule has 4 nitrogen and oxygen atoms in total. The van der Waals surface area contributed by atoms with Gasteiger partial charge in [-0.2, -0.15) is 0 Å². The molecular weight excluding hydrogens is 218 g/mol. The van der Waals surface area contributed by atoms with E-state index in [0.29, 0.717) is 13.3 Å². The summed E-state index contributed by atoms with van der Waals surface area (Å²) in [6.07, 6.45) is 2.93. The molecule has 1 aliphatic heterocycles. The highest BCUT2D eigenvalue weighted by Crippen LogP contribution is 2.32. The van der Waals surface area contributed by atoms with Crippen LogP contribution < -0.4 is 14.8 Å². The van der Waals surface area contributed by atoms with Gasteiger partial charge in [-0.3, -0.25) is 4.79 Å². The lowest BCUT2D eigenvalue weighted by atomic mass is 10.1. The van der Waals surface area contributed by atoms with Gasteiger partial charge in [0.1, 0.15) is 0 Å². The first-order chi connectivity index (χ1) is 8.33. The molecule has 90 valence electrons. The largest absolute Gasteiger partial charge is 0.454 e. The van der Waals surface area contributed by atoms with Gasteiger partial charge in [-0.05, 0) is 37.0 Å². The Kier molecular flexibility index (Phi) is 2.63. The normalized spacial score (nSPS) is 16.9. The molecule has 1 aromatic carbocycles. The van der Waals surface area contributed by atoms with Crippen molar-refractivity contribution in [3.63, 3.8) is 0 Å². The van der Waals surface area contributed by atoms with Gasteiger partial charge < -0.3 is 14.8 Å². The molecule has 17 heavy (non-hydrogen) atoms. The Balaban J connectivity index is 1.52. The van der Waals surface area contributed by atoms with Crippen molar-refractivity contribution in [2.75, 3.05) is 13.3 Å². The summed E-state index contributed by atoms with van der Waals surface area (Å²) in [4.78, 5) is 11.4. The first-order valence-electron chi connectivity index (χ1n) is 5.99. The molecule has 0 atom stereocenters. The van der Waals surface area contributed by atoms with Crippen LogP contribution in [0.2, 0.25) is 0 Å². The summed E-state index contributed by atoms with van der Waals surface area (Å²) in [5.74, 6) is 2.09. The van der Waals surface area contributed by atoms with Crippen molar-refractivity contribution in [2.24, 2.45) is 5.92 Å². The second-order valence-corrected chi connectivity index (χ2v) is 4.50.